The summed E-state index contributed by atoms with van der Waals surface area (Å²) in [6.45, 7) is 6.09. The number of hydrogen-bond donors (Lipinski definition) is 0. The molecule has 3 nitrogen and oxygen atoms in total. The molecule has 0 aliphatic rings. The molecular weight excluding hydrogens is 219 g/mol. The highest BCUT2D eigenvalue weighted by molar-refractivity contribution is 6.30. The van der Waals surface area contributed by atoms with E-state index in [0.29, 0.717) is 0 Å². The van der Waals surface area contributed by atoms with Crippen molar-refractivity contribution in [3.05, 3.63) is 27.8 Å². The quantitative estimate of drug-likeness (QED) is 0.671. The van der Waals surface area contributed by atoms with Crippen LogP contribution in [0.4, 0.5) is 13.2 Å². The van der Waals surface area contributed by atoms with Crippen LogP contribution in [0.2, 0.25) is 5.15 Å². The summed E-state index contributed by atoms with van der Waals surface area (Å²) in [6, 6.07) is 0. The highest BCUT2D eigenvalue weighted by atomic mass is 35.5. The van der Waals surface area contributed by atoms with Crippen LogP contribution in [-0.4, -0.2) is 9.78 Å². The van der Waals surface area contributed by atoms with E-state index in [1.807, 2.05) is 0 Å². The van der Waals surface area contributed by atoms with Gasteiger partial charge in [0, 0.05) is 7.05 Å². The topological polar surface area (TPSA) is 22.2 Å². The summed E-state index contributed by atoms with van der Waals surface area (Å²) in [5.41, 5.74) is -1.35. The molecule has 1 aromatic heterocycles. The fourth-order valence-electron chi connectivity index (χ4n) is 0.994. The molecule has 76 valence electrons. The first-order valence-electron chi connectivity index (χ1n) is 3.49. The summed E-state index contributed by atoms with van der Waals surface area (Å²) in [7, 11) is 1.30. The lowest BCUT2D eigenvalue weighted by molar-refractivity contribution is -0.142. The Kier molecular flexibility index (Phi) is 2.71. The van der Waals surface area contributed by atoms with E-state index in [1.165, 1.54) is 7.05 Å². The van der Waals surface area contributed by atoms with Gasteiger partial charge < -0.3 is 4.85 Å². The van der Waals surface area contributed by atoms with Crippen LogP contribution in [0.1, 0.15) is 11.3 Å². The van der Waals surface area contributed by atoms with Gasteiger partial charge in [-0.1, -0.05) is 11.6 Å². The molecule has 0 unspecified atom stereocenters. The van der Waals surface area contributed by atoms with Gasteiger partial charge in [-0.3, -0.25) is 4.68 Å². The zero-order chi connectivity index (χ0) is 10.9. The van der Waals surface area contributed by atoms with Crippen molar-refractivity contribution in [3.8, 4) is 0 Å². The molecule has 0 N–H and O–H groups in total. The number of halogens is 4. The van der Waals surface area contributed by atoms with E-state index >= 15 is 0 Å². The molecule has 0 aromatic carbocycles. The third-order valence-corrected chi connectivity index (χ3v) is 2.05. The molecule has 14 heavy (non-hydrogen) atoms. The Hall–Kier alpha value is -1.22. The number of hydrogen-bond acceptors (Lipinski definition) is 1. The van der Waals surface area contributed by atoms with Crippen LogP contribution in [-0.2, 0) is 19.8 Å². The average Bonchev–Trinajstić information content (AvgIpc) is 2.32. The first-order chi connectivity index (χ1) is 6.38. The molecule has 1 heterocycles. The molecule has 0 fully saturated rings. The highest BCUT2D eigenvalue weighted by Gasteiger charge is 2.39. The van der Waals surface area contributed by atoms with Crippen LogP contribution in [0.3, 0.4) is 0 Å². The van der Waals surface area contributed by atoms with Crippen LogP contribution in [0.25, 0.3) is 4.85 Å². The van der Waals surface area contributed by atoms with Crippen LogP contribution >= 0.6 is 11.6 Å². The van der Waals surface area contributed by atoms with Gasteiger partial charge in [-0.05, 0) is 0 Å². The lowest BCUT2D eigenvalue weighted by Gasteiger charge is -2.01. The van der Waals surface area contributed by atoms with Crippen molar-refractivity contribution >= 4 is 11.6 Å². The van der Waals surface area contributed by atoms with Crippen molar-refractivity contribution in [2.24, 2.45) is 7.05 Å². The summed E-state index contributed by atoms with van der Waals surface area (Å²) in [6.07, 6.45) is -4.56. The van der Waals surface area contributed by atoms with Gasteiger partial charge in [-0.15, -0.1) is 0 Å². The minimum atomic E-state index is -4.56. The predicted octanol–water partition coefficient (Wildman–Crippen LogP) is 2.51. The van der Waals surface area contributed by atoms with Crippen molar-refractivity contribution in [2.75, 3.05) is 0 Å². The summed E-state index contributed by atoms with van der Waals surface area (Å²) in [5, 5.41) is 3.07. The number of rotatable bonds is 1. The summed E-state index contributed by atoms with van der Waals surface area (Å²) in [4.78, 5) is 2.87. The first kappa shape index (κ1) is 10.9. The Morgan fingerprint density at radius 3 is 2.57 bits per heavy atom. The fraction of sp³-hybridized carbons (Fsp3) is 0.429. The Morgan fingerprint density at radius 2 is 2.14 bits per heavy atom. The Balaban J connectivity index is 3.31. The van der Waals surface area contributed by atoms with E-state index < -0.39 is 18.4 Å². The zero-order valence-electron chi connectivity index (χ0n) is 7.06. The minimum absolute atomic E-state index is 0.145. The normalized spacial score (nSPS) is 11.4. The third kappa shape index (κ3) is 1.82. The number of aromatic nitrogens is 2. The highest BCUT2D eigenvalue weighted by Crippen LogP contribution is 2.34. The lowest BCUT2D eigenvalue weighted by atomic mass is 10.2. The minimum Gasteiger partial charge on any atom is -0.312 e. The van der Waals surface area contributed by atoms with Crippen molar-refractivity contribution in [1.29, 1.82) is 0 Å². The van der Waals surface area contributed by atoms with E-state index in [1.54, 1.807) is 0 Å². The molecule has 0 spiro atoms. The molecule has 0 radical (unpaired) electrons. The van der Waals surface area contributed by atoms with E-state index in [2.05, 4.69) is 9.94 Å². The summed E-state index contributed by atoms with van der Waals surface area (Å²) < 4.78 is 37.9. The first-order valence-corrected chi connectivity index (χ1v) is 3.87. The van der Waals surface area contributed by atoms with E-state index in [0.717, 1.165) is 4.68 Å². The molecule has 0 saturated heterocycles. The van der Waals surface area contributed by atoms with Crippen molar-refractivity contribution in [2.45, 2.75) is 12.7 Å². The smallest absolute Gasteiger partial charge is 0.312 e. The number of nitrogens with zero attached hydrogens (tertiary/aromatic N) is 3. The average molecular weight is 224 g/mol. The maximum absolute atomic E-state index is 12.3. The van der Waals surface area contributed by atoms with Gasteiger partial charge >= 0.3 is 6.18 Å². The molecule has 0 atom stereocenters. The Labute approximate surface area is 82.9 Å². The molecule has 0 aliphatic carbocycles. The second-order valence-electron chi connectivity index (χ2n) is 2.56. The molecule has 0 saturated carbocycles. The molecule has 1 aromatic rings. The Bertz CT molecular complexity index is 388. The van der Waals surface area contributed by atoms with E-state index in [-0.39, 0.29) is 10.7 Å². The fourth-order valence-corrected chi connectivity index (χ4v) is 1.18. The monoisotopic (exact) mass is 223 g/mol. The molecule has 7 heteroatoms. The molecule has 0 bridgehead atoms. The second-order valence-corrected chi connectivity index (χ2v) is 2.91. The van der Waals surface area contributed by atoms with Gasteiger partial charge in [-0.2, -0.15) is 18.3 Å². The van der Waals surface area contributed by atoms with Crippen LogP contribution in [0.15, 0.2) is 0 Å². The van der Waals surface area contributed by atoms with E-state index in [9.17, 15) is 13.2 Å². The summed E-state index contributed by atoms with van der Waals surface area (Å²) >= 11 is 5.56. The van der Waals surface area contributed by atoms with Crippen LogP contribution in [0.5, 0.6) is 0 Å². The largest absolute Gasteiger partial charge is 0.435 e. The molecular formula is C7H5ClF3N3. The molecule has 0 amide bonds. The van der Waals surface area contributed by atoms with Gasteiger partial charge in [0.05, 0.1) is 0 Å². The summed E-state index contributed by atoms with van der Waals surface area (Å²) in [5.74, 6) is 0. The van der Waals surface area contributed by atoms with Crippen LogP contribution in [0, 0.1) is 6.57 Å². The van der Waals surface area contributed by atoms with Gasteiger partial charge in [0.15, 0.2) is 5.69 Å². The maximum atomic E-state index is 12.3. The van der Waals surface area contributed by atoms with Crippen molar-refractivity contribution in [3.63, 3.8) is 0 Å². The van der Waals surface area contributed by atoms with Gasteiger partial charge in [0.25, 0.3) is 0 Å². The SMILES string of the molecule is [C-]#[N+]Cc1c(C(F)(F)F)nn(C)c1Cl. The number of alkyl halides is 3. The van der Waals surface area contributed by atoms with Gasteiger partial charge in [0.2, 0.25) is 6.54 Å². The lowest BCUT2D eigenvalue weighted by Crippen LogP contribution is -2.09. The molecule has 0 aliphatic heterocycles. The van der Waals surface area contributed by atoms with Crippen molar-refractivity contribution in [1.82, 2.24) is 9.78 Å². The van der Waals surface area contributed by atoms with Crippen molar-refractivity contribution < 1.29 is 13.2 Å². The van der Waals surface area contributed by atoms with Gasteiger partial charge in [0.1, 0.15) is 10.7 Å². The Morgan fingerprint density at radius 1 is 1.57 bits per heavy atom. The second kappa shape index (κ2) is 3.50. The maximum Gasteiger partial charge on any atom is 0.435 e. The molecule has 1 rings (SSSR count). The van der Waals surface area contributed by atoms with Gasteiger partial charge in [-0.25, -0.2) is 6.57 Å². The predicted molar refractivity (Wildman–Crippen MR) is 43.5 cm³/mol. The third-order valence-electron chi connectivity index (χ3n) is 1.57. The number of aryl methyl sites for hydroxylation is 1. The zero-order valence-corrected chi connectivity index (χ0v) is 7.82. The van der Waals surface area contributed by atoms with Crippen LogP contribution < -0.4 is 0 Å². The standard InChI is InChI=1S/C7H5ClF3N3/c1-12-3-4-5(7(9,10)11)13-14(2)6(4)8/h3H2,2H3. The van der Waals surface area contributed by atoms with E-state index in [4.69, 9.17) is 18.2 Å².